The molecule has 7 nitrogen and oxygen atoms in total. The number of nitrogens with zero attached hydrogens (tertiary/aromatic N) is 3. The van der Waals surface area contributed by atoms with E-state index in [1.54, 1.807) is 4.68 Å². The first kappa shape index (κ1) is 12.5. The van der Waals surface area contributed by atoms with Gasteiger partial charge in [0.15, 0.2) is 0 Å². The van der Waals surface area contributed by atoms with Crippen molar-refractivity contribution in [2.75, 3.05) is 17.6 Å². The maximum atomic E-state index is 11.2. The van der Waals surface area contributed by atoms with E-state index in [-0.39, 0.29) is 11.9 Å². The van der Waals surface area contributed by atoms with Crippen molar-refractivity contribution in [1.82, 2.24) is 14.8 Å². The molecule has 104 valence electrons. The number of rotatable bonds is 2. The van der Waals surface area contributed by atoms with Crippen molar-refractivity contribution in [3.8, 4) is 0 Å². The average molecular weight is 272 g/mol. The molecule has 1 aromatic heterocycles. The van der Waals surface area contributed by atoms with Gasteiger partial charge < -0.3 is 16.8 Å². The van der Waals surface area contributed by atoms with Crippen LogP contribution >= 0.6 is 0 Å². The van der Waals surface area contributed by atoms with E-state index >= 15 is 0 Å². The monoisotopic (exact) mass is 272 g/mol. The third kappa shape index (κ3) is 1.97. The van der Waals surface area contributed by atoms with Crippen molar-refractivity contribution < 1.29 is 4.79 Å². The van der Waals surface area contributed by atoms with Gasteiger partial charge in [-0.15, -0.1) is 5.10 Å². The summed E-state index contributed by atoms with van der Waals surface area (Å²) in [6, 6.07) is 5.96. The molecule has 3 rings (SSSR count). The second-order valence-electron chi connectivity index (χ2n) is 4.92. The molecule has 20 heavy (non-hydrogen) atoms. The molecule has 1 aliphatic heterocycles. The van der Waals surface area contributed by atoms with Crippen LogP contribution in [0.5, 0.6) is 0 Å². The molecule has 2 heterocycles. The second-order valence-corrected chi connectivity index (χ2v) is 4.92. The number of primary amides is 1. The van der Waals surface area contributed by atoms with Crippen molar-refractivity contribution in [1.29, 1.82) is 0 Å². The molecule has 1 aromatic carbocycles. The van der Waals surface area contributed by atoms with Crippen LogP contribution in [0.1, 0.15) is 34.2 Å². The van der Waals surface area contributed by atoms with Gasteiger partial charge in [-0.05, 0) is 30.5 Å². The molecule has 0 bridgehead atoms. The number of aromatic nitrogens is 3. The topological polar surface area (TPSA) is 112 Å². The smallest absolute Gasteiger partial charge is 0.288 e. The zero-order valence-electron chi connectivity index (χ0n) is 11.1. The molecule has 0 spiro atoms. The molecule has 0 fully saturated rings. The van der Waals surface area contributed by atoms with Gasteiger partial charge in [0.2, 0.25) is 11.8 Å². The molecule has 1 aliphatic rings. The van der Waals surface area contributed by atoms with E-state index in [1.165, 1.54) is 0 Å². The minimum absolute atomic E-state index is 0.00903. The van der Waals surface area contributed by atoms with E-state index in [0.717, 1.165) is 29.8 Å². The lowest BCUT2D eigenvalue weighted by Gasteiger charge is -2.25. The van der Waals surface area contributed by atoms with Gasteiger partial charge in [0.1, 0.15) is 0 Å². The summed E-state index contributed by atoms with van der Waals surface area (Å²) in [5, 5.41) is 7.30. The number of amides is 1. The number of nitrogens with one attached hydrogen (secondary N) is 1. The number of fused-ring (bicyclic) bond motifs is 1. The Kier molecular flexibility index (Phi) is 2.81. The molecule has 1 unspecified atom stereocenters. The van der Waals surface area contributed by atoms with Crippen LogP contribution in [0, 0.1) is 6.92 Å². The lowest BCUT2D eigenvalue weighted by Crippen LogP contribution is -2.25. The van der Waals surface area contributed by atoms with E-state index < -0.39 is 5.91 Å². The summed E-state index contributed by atoms with van der Waals surface area (Å²) in [6.07, 6.45) is 0.844. The van der Waals surface area contributed by atoms with E-state index in [9.17, 15) is 4.79 Å². The lowest BCUT2D eigenvalue weighted by atomic mass is 10.0. The molecule has 0 saturated carbocycles. The summed E-state index contributed by atoms with van der Waals surface area (Å²) >= 11 is 0. The highest BCUT2D eigenvalue weighted by Crippen LogP contribution is 2.29. The minimum atomic E-state index is -0.629. The fourth-order valence-corrected chi connectivity index (χ4v) is 2.38. The highest BCUT2D eigenvalue weighted by molar-refractivity contribution is 5.89. The molecular weight excluding hydrogens is 256 g/mol. The molecule has 0 saturated heterocycles. The number of benzene rings is 1. The maximum Gasteiger partial charge on any atom is 0.288 e. The maximum absolute atomic E-state index is 11.2. The van der Waals surface area contributed by atoms with Crippen molar-refractivity contribution in [3.05, 3.63) is 35.2 Å². The quantitative estimate of drug-likeness (QED) is 0.696. The van der Waals surface area contributed by atoms with Crippen LogP contribution in [-0.2, 0) is 0 Å². The fourth-order valence-electron chi connectivity index (χ4n) is 2.38. The Labute approximate surface area is 116 Å². The molecule has 1 atom stereocenters. The molecular formula is C13H16N6O. The number of nitrogen functional groups attached to an aromatic ring is 1. The zero-order chi connectivity index (χ0) is 14.3. The Hall–Kier alpha value is -2.57. The Balaban J connectivity index is 2.04. The SMILES string of the molecule is Cc1ccc(C2CCNc3nc(C(N)=O)nn32)cc1N. The number of nitrogens with two attached hydrogens (primary N) is 2. The summed E-state index contributed by atoms with van der Waals surface area (Å²) in [5.74, 6) is -0.0375. The molecule has 5 N–H and O–H groups in total. The van der Waals surface area contributed by atoms with Crippen molar-refractivity contribution >= 4 is 17.5 Å². The van der Waals surface area contributed by atoms with Crippen molar-refractivity contribution in [2.45, 2.75) is 19.4 Å². The van der Waals surface area contributed by atoms with E-state index in [2.05, 4.69) is 15.4 Å². The molecule has 7 heteroatoms. The number of aryl methyl sites for hydroxylation is 1. The summed E-state index contributed by atoms with van der Waals surface area (Å²) in [7, 11) is 0. The van der Waals surface area contributed by atoms with E-state index in [1.807, 2.05) is 25.1 Å². The van der Waals surface area contributed by atoms with Gasteiger partial charge >= 0.3 is 0 Å². The first-order valence-electron chi connectivity index (χ1n) is 6.42. The summed E-state index contributed by atoms with van der Waals surface area (Å²) < 4.78 is 1.70. The summed E-state index contributed by atoms with van der Waals surface area (Å²) in [4.78, 5) is 15.3. The van der Waals surface area contributed by atoms with Crippen LogP contribution < -0.4 is 16.8 Å². The normalized spacial score (nSPS) is 17.4. The second kappa shape index (κ2) is 4.52. The van der Waals surface area contributed by atoms with Crippen LogP contribution in [0.25, 0.3) is 0 Å². The number of carbonyl (C=O) groups excluding carboxylic acids is 1. The number of hydrogen-bond donors (Lipinski definition) is 3. The van der Waals surface area contributed by atoms with Gasteiger partial charge in [-0.2, -0.15) is 4.98 Å². The van der Waals surface area contributed by atoms with Crippen LogP contribution in [0.3, 0.4) is 0 Å². The molecule has 2 aromatic rings. The Morgan fingerprint density at radius 3 is 3.00 bits per heavy atom. The van der Waals surface area contributed by atoms with Crippen LogP contribution in [-0.4, -0.2) is 27.2 Å². The third-order valence-electron chi connectivity index (χ3n) is 3.54. The summed E-state index contributed by atoms with van der Waals surface area (Å²) in [5.41, 5.74) is 14.0. The predicted octanol–water partition coefficient (Wildman–Crippen LogP) is 0.673. The molecule has 0 aliphatic carbocycles. The van der Waals surface area contributed by atoms with Crippen molar-refractivity contribution in [2.24, 2.45) is 5.73 Å². The molecule has 1 amide bonds. The lowest BCUT2D eigenvalue weighted by molar-refractivity contribution is 0.0990. The standard InChI is InChI=1S/C13H16N6O/c1-7-2-3-8(6-9(7)14)10-4-5-16-13-17-12(11(15)20)18-19(10)13/h2-3,6,10H,4-5,14H2,1H3,(H2,15,20)(H,16,17,18). The highest BCUT2D eigenvalue weighted by atomic mass is 16.1. The Bertz CT molecular complexity index is 677. The largest absolute Gasteiger partial charge is 0.399 e. The van der Waals surface area contributed by atoms with Gasteiger partial charge in [0.05, 0.1) is 6.04 Å². The van der Waals surface area contributed by atoms with Gasteiger partial charge in [-0.3, -0.25) is 4.79 Å². The van der Waals surface area contributed by atoms with Gasteiger partial charge in [-0.25, -0.2) is 4.68 Å². The first-order chi connectivity index (χ1) is 9.56. The fraction of sp³-hybridized carbons (Fsp3) is 0.308. The van der Waals surface area contributed by atoms with Gasteiger partial charge in [0.25, 0.3) is 5.91 Å². The Morgan fingerprint density at radius 1 is 1.50 bits per heavy atom. The van der Waals surface area contributed by atoms with E-state index in [4.69, 9.17) is 11.5 Å². The van der Waals surface area contributed by atoms with Crippen LogP contribution in [0.2, 0.25) is 0 Å². The summed E-state index contributed by atoms with van der Waals surface area (Å²) in [6.45, 7) is 2.73. The highest BCUT2D eigenvalue weighted by Gasteiger charge is 2.25. The first-order valence-corrected chi connectivity index (χ1v) is 6.42. The van der Waals surface area contributed by atoms with Crippen LogP contribution in [0.4, 0.5) is 11.6 Å². The van der Waals surface area contributed by atoms with Gasteiger partial charge in [0, 0.05) is 12.2 Å². The Morgan fingerprint density at radius 2 is 2.30 bits per heavy atom. The molecule has 0 radical (unpaired) electrons. The van der Waals surface area contributed by atoms with E-state index in [0.29, 0.717) is 5.95 Å². The van der Waals surface area contributed by atoms with Crippen molar-refractivity contribution in [3.63, 3.8) is 0 Å². The zero-order valence-corrected chi connectivity index (χ0v) is 11.1. The minimum Gasteiger partial charge on any atom is -0.399 e. The number of carbonyl (C=O) groups is 1. The predicted molar refractivity (Wildman–Crippen MR) is 75.4 cm³/mol. The third-order valence-corrected chi connectivity index (χ3v) is 3.54. The average Bonchev–Trinajstić information content (AvgIpc) is 2.86. The number of anilines is 2. The van der Waals surface area contributed by atoms with Crippen LogP contribution in [0.15, 0.2) is 18.2 Å². The number of hydrogen-bond acceptors (Lipinski definition) is 5. The van der Waals surface area contributed by atoms with Gasteiger partial charge in [-0.1, -0.05) is 12.1 Å².